The molecule has 2 unspecified atom stereocenters. The van der Waals surface area contributed by atoms with Gasteiger partial charge < -0.3 is 10.5 Å². The molecule has 0 amide bonds. The predicted molar refractivity (Wildman–Crippen MR) is 91.7 cm³/mol. The van der Waals surface area contributed by atoms with Gasteiger partial charge in [-0.25, -0.2) is 0 Å². The van der Waals surface area contributed by atoms with E-state index < -0.39 is 0 Å². The molecule has 112 valence electrons. The van der Waals surface area contributed by atoms with Crippen molar-refractivity contribution in [2.24, 2.45) is 5.73 Å². The molecule has 0 heterocycles. The highest BCUT2D eigenvalue weighted by Gasteiger charge is 2.17. The molecule has 21 heavy (non-hydrogen) atoms. The first-order chi connectivity index (χ1) is 10.1. The van der Waals surface area contributed by atoms with Gasteiger partial charge in [0.15, 0.2) is 0 Å². The van der Waals surface area contributed by atoms with E-state index in [4.69, 9.17) is 10.5 Å². The molecule has 0 saturated heterocycles. The first-order valence-corrected chi connectivity index (χ1v) is 8.15. The van der Waals surface area contributed by atoms with Crippen molar-refractivity contribution in [2.45, 2.75) is 32.2 Å². The highest BCUT2D eigenvalue weighted by Crippen LogP contribution is 2.33. The van der Waals surface area contributed by atoms with Crippen LogP contribution in [0, 0.1) is 0 Å². The molecule has 0 spiro atoms. The molecule has 0 aromatic heterocycles. The van der Waals surface area contributed by atoms with Crippen molar-refractivity contribution in [1.29, 1.82) is 0 Å². The molecule has 3 heteroatoms. The third kappa shape index (κ3) is 4.08. The number of benzene rings is 2. The molecule has 0 aliphatic rings. The van der Waals surface area contributed by atoms with E-state index in [2.05, 4.69) is 66.2 Å². The SMILES string of the molecule is CCCOc1ccc(C(N)C(C)c2ccccc2)cc1Br. The number of nitrogens with two attached hydrogens (primary N) is 1. The average Bonchev–Trinajstić information content (AvgIpc) is 2.53. The molecule has 2 nitrogen and oxygen atoms in total. The minimum Gasteiger partial charge on any atom is -0.492 e. The number of ether oxygens (including phenoxy) is 1. The van der Waals surface area contributed by atoms with Crippen LogP contribution in [0.25, 0.3) is 0 Å². The second kappa shape index (κ2) is 7.62. The van der Waals surface area contributed by atoms with Crippen molar-refractivity contribution in [2.75, 3.05) is 6.61 Å². The fourth-order valence-electron chi connectivity index (χ4n) is 2.31. The maximum Gasteiger partial charge on any atom is 0.133 e. The molecule has 2 rings (SSSR count). The van der Waals surface area contributed by atoms with Crippen LogP contribution in [0.3, 0.4) is 0 Å². The van der Waals surface area contributed by atoms with Gasteiger partial charge in [0, 0.05) is 12.0 Å². The summed E-state index contributed by atoms with van der Waals surface area (Å²) in [7, 11) is 0. The summed E-state index contributed by atoms with van der Waals surface area (Å²) < 4.78 is 6.64. The van der Waals surface area contributed by atoms with Crippen LogP contribution in [0.5, 0.6) is 5.75 Å². The van der Waals surface area contributed by atoms with E-state index >= 15 is 0 Å². The van der Waals surface area contributed by atoms with Crippen molar-refractivity contribution in [3.63, 3.8) is 0 Å². The van der Waals surface area contributed by atoms with Crippen LogP contribution < -0.4 is 10.5 Å². The molecular weight excluding hydrogens is 326 g/mol. The highest BCUT2D eigenvalue weighted by atomic mass is 79.9. The molecule has 2 atom stereocenters. The third-order valence-corrected chi connectivity index (χ3v) is 4.29. The van der Waals surface area contributed by atoms with Gasteiger partial charge in [-0.2, -0.15) is 0 Å². The second-order valence-electron chi connectivity index (χ2n) is 5.26. The van der Waals surface area contributed by atoms with E-state index in [1.165, 1.54) is 5.56 Å². The van der Waals surface area contributed by atoms with Gasteiger partial charge in [-0.3, -0.25) is 0 Å². The van der Waals surface area contributed by atoms with Gasteiger partial charge in [0.25, 0.3) is 0 Å². The van der Waals surface area contributed by atoms with Crippen LogP contribution in [-0.4, -0.2) is 6.61 Å². The van der Waals surface area contributed by atoms with Crippen molar-refractivity contribution < 1.29 is 4.74 Å². The summed E-state index contributed by atoms with van der Waals surface area (Å²) in [6.45, 7) is 4.99. The maximum absolute atomic E-state index is 6.43. The topological polar surface area (TPSA) is 35.2 Å². The molecule has 2 aromatic carbocycles. The summed E-state index contributed by atoms with van der Waals surface area (Å²) in [6, 6.07) is 16.5. The van der Waals surface area contributed by atoms with Crippen LogP contribution in [0.1, 0.15) is 43.4 Å². The Labute approximate surface area is 135 Å². The van der Waals surface area contributed by atoms with Gasteiger partial charge in [0.05, 0.1) is 11.1 Å². The summed E-state index contributed by atoms with van der Waals surface area (Å²) in [4.78, 5) is 0. The van der Waals surface area contributed by atoms with Crippen molar-refractivity contribution in [1.82, 2.24) is 0 Å². The van der Waals surface area contributed by atoms with Crippen LogP contribution >= 0.6 is 15.9 Å². The molecule has 0 saturated carbocycles. The Hall–Kier alpha value is -1.32. The Morgan fingerprint density at radius 3 is 2.43 bits per heavy atom. The van der Waals surface area contributed by atoms with Gasteiger partial charge in [-0.05, 0) is 45.6 Å². The van der Waals surface area contributed by atoms with Gasteiger partial charge in [0.1, 0.15) is 5.75 Å². The summed E-state index contributed by atoms with van der Waals surface area (Å²) >= 11 is 3.57. The molecule has 2 N–H and O–H groups in total. The minimum absolute atomic E-state index is 0.0380. The fraction of sp³-hybridized carbons (Fsp3) is 0.333. The molecule has 0 aliphatic carbocycles. The van der Waals surface area contributed by atoms with Crippen molar-refractivity contribution in [3.8, 4) is 5.75 Å². The fourth-order valence-corrected chi connectivity index (χ4v) is 2.82. The standard InChI is InChI=1S/C18H22BrNO/c1-3-11-21-17-10-9-15(12-16(17)19)18(20)13(2)14-7-5-4-6-8-14/h4-10,12-13,18H,3,11,20H2,1-2H3. The lowest BCUT2D eigenvalue weighted by molar-refractivity contribution is 0.315. The van der Waals surface area contributed by atoms with E-state index in [1.807, 2.05) is 12.1 Å². The van der Waals surface area contributed by atoms with Gasteiger partial charge in [0.2, 0.25) is 0 Å². The molecule has 0 aliphatic heterocycles. The van der Waals surface area contributed by atoms with Crippen molar-refractivity contribution in [3.05, 3.63) is 64.1 Å². The van der Waals surface area contributed by atoms with Gasteiger partial charge >= 0.3 is 0 Å². The Balaban J connectivity index is 2.16. The Kier molecular flexibility index (Phi) is 5.83. The smallest absolute Gasteiger partial charge is 0.133 e. The lowest BCUT2D eigenvalue weighted by Crippen LogP contribution is -2.17. The summed E-state index contributed by atoms with van der Waals surface area (Å²) in [5, 5.41) is 0. The highest BCUT2D eigenvalue weighted by molar-refractivity contribution is 9.10. The zero-order valence-electron chi connectivity index (χ0n) is 12.6. The quantitative estimate of drug-likeness (QED) is 0.794. The van der Waals surface area contributed by atoms with Crippen LogP contribution in [-0.2, 0) is 0 Å². The van der Waals surface area contributed by atoms with Gasteiger partial charge in [-0.15, -0.1) is 0 Å². The number of rotatable bonds is 6. The Bertz CT molecular complexity index is 571. The summed E-state index contributed by atoms with van der Waals surface area (Å²) in [5.41, 5.74) is 8.80. The van der Waals surface area contributed by atoms with E-state index in [1.54, 1.807) is 0 Å². The van der Waals surface area contributed by atoms with Gasteiger partial charge in [-0.1, -0.05) is 50.2 Å². The first kappa shape index (κ1) is 16.1. The average molecular weight is 348 g/mol. The molecule has 0 radical (unpaired) electrons. The zero-order chi connectivity index (χ0) is 15.2. The Morgan fingerprint density at radius 1 is 1.10 bits per heavy atom. The largest absolute Gasteiger partial charge is 0.492 e. The van der Waals surface area contributed by atoms with Crippen LogP contribution in [0.4, 0.5) is 0 Å². The zero-order valence-corrected chi connectivity index (χ0v) is 14.1. The first-order valence-electron chi connectivity index (χ1n) is 7.36. The van der Waals surface area contributed by atoms with Crippen LogP contribution in [0.2, 0.25) is 0 Å². The van der Waals surface area contributed by atoms with E-state index in [-0.39, 0.29) is 12.0 Å². The Morgan fingerprint density at radius 2 is 1.81 bits per heavy atom. The minimum atomic E-state index is -0.0380. The predicted octanol–water partition coefficient (Wildman–Crippen LogP) is 5.04. The van der Waals surface area contributed by atoms with Crippen molar-refractivity contribution >= 4 is 15.9 Å². The number of hydrogen-bond acceptors (Lipinski definition) is 2. The molecule has 2 aromatic rings. The molecular formula is C18H22BrNO. The number of halogens is 1. The monoisotopic (exact) mass is 347 g/mol. The third-order valence-electron chi connectivity index (χ3n) is 3.67. The number of hydrogen-bond donors (Lipinski definition) is 1. The summed E-state index contributed by atoms with van der Waals surface area (Å²) in [5.74, 6) is 1.14. The normalized spacial score (nSPS) is 13.7. The molecule has 0 fully saturated rings. The molecule has 0 bridgehead atoms. The second-order valence-corrected chi connectivity index (χ2v) is 6.12. The van der Waals surface area contributed by atoms with E-state index in [9.17, 15) is 0 Å². The maximum atomic E-state index is 6.43. The lowest BCUT2D eigenvalue weighted by atomic mass is 9.89. The lowest BCUT2D eigenvalue weighted by Gasteiger charge is -2.21. The van der Waals surface area contributed by atoms with E-state index in [0.717, 1.165) is 28.8 Å². The van der Waals surface area contributed by atoms with E-state index in [0.29, 0.717) is 0 Å². The summed E-state index contributed by atoms with van der Waals surface area (Å²) in [6.07, 6.45) is 0.999. The van der Waals surface area contributed by atoms with Crippen LogP contribution in [0.15, 0.2) is 53.0 Å².